The van der Waals surface area contributed by atoms with Gasteiger partial charge >= 0.3 is 0 Å². The number of carbonyl (C=O) groups excluding carboxylic acids is 1. The van der Waals surface area contributed by atoms with Gasteiger partial charge in [-0.2, -0.15) is 0 Å². The van der Waals surface area contributed by atoms with Crippen molar-refractivity contribution in [1.29, 1.82) is 0 Å². The van der Waals surface area contributed by atoms with Crippen molar-refractivity contribution in [3.05, 3.63) is 101 Å². The molecule has 4 heteroatoms. The summed E-state index contributed by atoms with van der Waals surface area (Å²) in [7, 11) is 0. The van der Waals surface area contributed by atoms with Crippen molar-refractivity contribution in [1.82, 2.24) is 0 Å². The van der Waals surface area contributed by atoms with Gasteiger partial charge in [0.05, 0.1) is 17.4 Å². The normalized spacial score (nSPS) is 20.5. The van der Waals surface area contributed by atoms with Crippen LogP contribution in [0.3, 0.4) is 0 Å². The zero-order chi connectivity index (χ0) is 20.7. The summed E-state index contributed by atoms with van der Waals surface area (Å²) >= 11 is 0. The Morgan fingerprint density at radius 3 is 2.40 bits per heavy atom. The van der Waals surface area contributed by atoms with Gasteiger partial charge in [0, 0.05) is 17.7 Å². The Hall–Kier alpha value is -3.53. The highest BCUT2D eigenvalue weighted by Gasteiger charge is 2.36. The van der Waals surface area contributed by atoms with Crippen LogP contribution in [0.25, 0.3) is 0 Å². The number of benzene rings is 3. The van der Waals surface area contributed by atoms with E-state index in [0.29, 0.717) is 6.42 Å². The Morgan fingerprint density at radius 1 is 0.867 bits per heavy atom. The molecule has 1 aliphatic carbocycles. The molecule has 0 unspecified atom stereocenters. The first-order chi connectivity index (χ1) is 14.6. The van der Waals surface area contributed by atoms with Gasteiger partial charge in [0.15, 0.2) is 5.78 Å². The van der Waals surface area contributed by atoms with Crippen molar-refractivity contribution in [3.63, 3.8) is 0 Å². The molecule has 0 amide bonds. The van der Waals surface area contributed by atoms with Gasteiger partial charge in [0.1, 0.15) is 5.75 Å². The zero-order valence-corrected chi connectivity index (χ0v) is 16.9. The van der Waals surface area contributed by atoms with E-state index in [-0.39, 0.29) is 23.5 Å². The number of phenols is 1. The smallest absolute Gasteiger partial charge is 0.163 e. The maximum Gasteiger partial charge on any atom is 0.163 e. The summed E-state index contributed by atoms with van der Waals surface area (Å²) in [6.45, 7) is 2.06. The number of rotatable bonds is 2. The fraction of sp³-hybridized carbons (Fsp3) is 0.192. The van der Waals surface area contributed by atoms with Crippen LogP contribution in [0.15, 0.2) is 84.1 Å². The topological polar surface area (TPSA) is 61.4 Å². The maximum atomic E-state index is 13.4. The Kier molecular flexibility index (Phi) is 4.55. The average Bonchev–Trinajstić information content (AvgIpc) is 2.91. The summed E-state index contributed by atoms with van der Waals surface area (Å²) in [5.74, 6) is 0.542. The third-order valence-corrected chi connectivity index (χ3v) is 6.05. The summed E-state index contributed by atoms with van der Waals surface area (Å²) in [6.07, 6.45) is 1.28. The third kappa shape index (κ3) is 3.35. The van der Waals surface area contributed by atoms with E-state index in [1.807, 2.05) is 30.3 Å². The van der Waals surface area contributed by atoms with Crippen LogP contribution in [0.2, 0.25) is 0 Å². The molecular formula is C26H24N2O2. The molecule has 150 valence electrons. The van der Waals surface area contributed by atoms with Crippen LogP contribution in [0.1, 0.15) is 41.5 Å². The quantitative estimate of drug-likeness (QED) is 0.521. The minimum Gasteiger partial charge on any atom is -0.508 e. The number of hydrogen-bond acceptors (Lipinski definition) is 4. The molecule has 3 N–H and O–H groups in total. The number of carbonyl (C=O) groups is 1. The summed E-state index contributed by atoms with van der Waals surface area (Å²) in [6, 6.07) is 23.4. The van der Waals surface area contributed by atoms with Crippen molar-refractivity contribution >= 4 is 17.2 Å². The molecule has 0 bridgehead atoms. The number of Topliss-reactive ketones (excluding diaryl/α,β-unsaturated/α-hetero) is 1. The molecule has 2 aliphatic rings. The molecule has 1 aliphatic heterocycles. The van der Waals surface area contributed by atoms with E-state index in [2.05, 4.69) is 47.9 Å². The van der Waals surface area contributed by atoms with Gasteiger partial charge in [-0.05, 0) is 60.2 Å². The Labute approximate surface area is 176 Å². The number of phenolic OH excluding ortho intramolecular Hbond substituents is 1. The highest BCUT2D eigenvalue weighted by molar-refractivity contribution is 6.01. The minimum atomic E-state index is -0.264. The van der Waals surface area contributed by atoms with Gasteiger partial charge in [-0.15, -0.1) is 0 Å². The fourth-order valence-corrected chi connectivity index (χ4v) is 4.54. The summed E-state index contributed by atoms with van der Waals surface area (Å²) in [4.78, 5) is 13.4. The van der Waals surface area contributed by atoms with Crippen LogP contribution in [-0.4, -0.2) is 10.9 Å². The highest BCUT2D eigenvalue weighted by atomic mass is 16.3. The molecule has 0 aromatic heterocycles. The lowest BCUT2D eigenvalue weighted by molar-refractivity contribution is -0.116. The second-order valence-electron chi connectivity index (χ2n) is 8.17. The molecule has 1 heterocycles. The van der Waals surface area contributed by atoms with E-state index >= 15 is 0 Å². The molecule has 0 radical (unpaired) electrons. The lowest BCUT2D eigenvalue weighted by Gasteiger charge is -2.30. The SMILES string of the molecule is Cc1ccc2c(c1)N[C@@H](c1ccc(O)cc1)C1=C(C[C@H](c3ccccc3)CC1=O)N2. The van der Waals surface area contributed by atoms with Gasteiger partial charge in [0.2, 0.25) is 0 Å². The number of allylic oxidation sites excluding steroid dienone is 1. The molecule has 5 rings (SSSR count). The van der Waals surface area contributed by atoms with Gasteiger partial charge < -0.3 is 15.7 Å². The zero-order valence-electron chi connectivity index (χ0n) is 16.9. The van der Waals surface area contributed by atoms with Crippen molar-refractivity contribution in [2.24, 2.45) is 0 Å². The average molecular weight is 396 g/mol. The molecule has 3 aromatic rings. The minimum absolute atomic E-state index is 0.160. The van der Waals surface area contributed by atoms with E-state index in [0.717, 1.165) is 40.2 Å². The molecule has 30 heavy (non-hydrogen) atoms. The first-order valence-electron chi connectivity index (χ1n) is 10.3. The van der Waals surface area contributed by atoms with Crippen LogP contribution in [0, 0.1) is 6.92 Å². The molecule has 0 spiro atoms. The van der Waals surface area contributed by atoms with E-state index in [1.54, 1.807) is 12.1 Å². The summed E-state index contributed by atoms with van der Waals surface area (Å²) in [5, 5.41) is 16.9. The van der Waals surface area contributed by atoms with Gasteiger partial charge in [-0.25, -0.2) is 0 Å². The molecule has 0 fully saturated rings. The predicted molar refractivity (Wildman–Crippen MR) is 120 cm³/mol. The molecule has 3 aromatic carbocycles. The van der Waals surface area contributed by atoms with Gasteiger partial charge in [-0.1, -0.05) is 48.5 Å². The number of fused-ring (bicyclic) bond motifs is 1. The van der Waals surface area contributed by atoms with Gasteiger partial charge in [-0.3, -0.25) is 4.79 Å². The lowest BCUT2D eigenvalue weighted by Crippen LogP contribution is -2.26. The van der Waals surface area contributed by atoms with Crippen LogP contribution in [-0.2, 0) is 4.79 Å². The first kappa shape index (κ1) is 18.5. The number of ketones is 1. The number of nitrogens with one attached hydrogen (secondary N) is 2. The van der Waals surface area contributed by atoms with Crippen molar-refractivity contribution in [2.75, 3.05) is 10.6 Å². The van der Waals surface area contributed by atoms with Crippen molar-refractivity contribution in [2.45, 2.75) is 31.7 Å². The Morgan fingerprint density at radius 2 is 1.63 bits per heavy atom. The van der Waals surface area contributed by atoms with Crippen LogP contribution < -0.4 is 10.6 Å². The molecule has 2 atom stereocenters. The first-order valence-corrected chi connectivity index (χ1v) is 10.3. The molecule has 0 saturated heterocycles. The van der Waals surface area contributed by atoms with Crippen molar-refractivity contribution < 1.29 is 9.90 Å². The Bertz CT molecular complexity index is 1130. The monoisotopic (exact) mass is 396 g/mol. The number of anilines is 2. The van der Waals surface area contributed by atoms with Crippen LogP contribution in [0.4, 0.5) is 11.4 Å². The van der Waals surface area contributed by atoms with E-state index in [9.17, 15) is 9.90 Å². The van der Waals surface area contributed by atoms with Gasteiger partial charge in [0.25, 0.3) is 0 Å². The van der Waals surface area contributed by atoms with E-state index in [4.69, 9.17) is 0 Å². The summed E-state index contributed by atoms with van der Waals surface area (Å²) in [5.41, 5.74) is 7.04. The van der Waals surface area contributed by atoms with Crippen LogP contribution >= 0.6 is 0 Å². The fourth-order valence-electron chi connectivity index (χ4n) is 4.54. The predicted octanol–water partition coefficient (Wildman–Crippen LogP) is 5.68. The highest BCUT2D eigenvalue weighted by Crippen LogP contribution is 2.44. The molecule has 0 saturated carbocycles. The largest absolute Gasteiger partial charge is 0.508 e. The number of aromatic hydroxyl groups is 1. The molecule has 4 nitrogen and oxygen atoms in total. The number of aryl methyl sites for hydroxylation is 1. The maximum absolute atomic E-state index is 13.4. The Balaban J connectivity index is 1.62. The van der Waals surface area contributed by atoms with E-state index < -0.39 is 0 Å². The van der Waals surface area contributed by atoms with E-state index in [1.165, 1.54) is 5.56 Å². The summed E-state index contributed by atoms with van der Waals surface area (Å²) < 4.78 is 0. The third-order valence-electron chi connectivity index (χ3n) is 6.05. The second kappa shape index (κ2) is 7.38. The van der Waals surface area contributed by atoms with Crippen LogP contribution in [0.5, 0.6) is 5.75 Å². The number of hydrogen-bond donors (Lipinski definition) is 3. The second-order valence-corrected chi connectivity index (χ2v) is 8.17. The standard InChI is InChI=1S/C26H24N2O2/c1-16-7-12-21-22(13-16)28-26(18-8-10-20(29)11-9-18)25-23(27-21)14-19(15-24(25)30)17-5-3-2-4-6-17/h2-13,19,26-29H,14-15H2,1H3/t19-,26-/m0/s1. The van der Waals surface area contributed by atoms with Crippen molar-refractivity contribution in [3.8, 4) is 5.75 Å². The molecular weight excluding hydrogens is 372 g/mol. The lowest BCUT2D eigenvalue weighted by atomic mass is 9.78.